The SMILES string of the molecule is NC1C2CCN(CC2)[C@H]1C(c1ccccc1)c1ccccc1. The van der Waals surface area contributed by atoms with E-state index in [-0.39, 0.29) is 6.04 Å². The molecule has 0 aliphatic carbocycles. The summed E-state index contributed by atoms with van der Waals surface area (Å²) in [4.78, 5) is 2.63. The Kier molecular flexibility index (Phi) is 3.73. The van der Waals surface area contributed by atoms with E-state index in [2.05, 4.69) is 65.6 Å². The maximum atomic E-state index is 6.70. The molecule has 3 saturated heterocycles. The van der Waals surface area contributed by atoms with Gasteiger partial charge in [-0.05, 0) is 43.0 Å². The molecule has 22 heavy (non-hydrogen) atoms. The zero-order chi connectivity index (χ0) is 14.9. The Balaban J connectivity index is 1.78. The normalized spacial score (nSPS) is 30.6. The maximum Gasteiger partial charge on any atom is 0.0359 e. The molecule has 2 heteroatoms. The second kappa shape index (κ2) is 5.86. The highest BCUT2D eigenvalue weighted by atomic mass is 15.2. The molecule has 3 fully saturated rings. The van der Waals surface area contributed by atoms with E-state index in [0.717, 1.165) is 0 Å². The first-order chi connectivity index (χ1) is 10.8. The minimum atomic E-state index is 0.285. The molecule has 3 aliphatic heterocycles. The monoisotopic (exact) mass is 292 g/mol. The molecule has 2 N–H and O–H groups in total. The van der Waals surface area contributed by atoms with E-state index >= 15 is 0 Å². The van der Waals surface area contributed by atoms with Gasteiger partial charge in [-0.2, -0.15) is 0 Å². The van der Waals surface area contributed by atoms with Gasteiger partial charge in [0.25, 0.3) is 0 Å². The van der Waals surface area contributed by atoms with Crippen LogP contribution in [0.1, 0.15) is 29.9 Å². The fourth-order valence-corrected chi connectivity index (χ4v) is 4.47. The van der Waals surface area contributed by atoms with E-state index in [1.807, 2.05) is 0 Å². The minimum absolute atomic E-state index is 0.285. The summed E-state index contributed by atoms with van der Waals surface area (Å²) < 4.78 is 0. The number of hydrogen-bond acceptors (Lipinski definition) is 2. The first-order valence-corrected chi connectivity index (χ1v) is 8.44. The van der Waals surface area contributed by atoms with Gasteiger partial charge in [0.15, 0.2) is 0 Å². The molecule has 0 spiro atoms. The molecule has 0 amide bonds. The molecule has 0 radical (unpaired) electrons. The molecule has 0 aromatic heterocycles. The number of nitrogens with zero attached hydrogens (tertiary/aromatic N) is 1. The van der Waals surface area contributed by atoms with Crippen LogP contribution >= 0.6 is 0 Å². The van der Waals surface area contributed by atoms with E-state index in [1.54, 1.807) is 0 Å². The van der Waals surface area contributed by atoms with Gasteiger partial charge in [0.05, 0.1) is 0 Å². The molecule has 1 unspecified atom stereocenters. The van der Waals surface area contributed by atoms with Crippen molar-refractivity contribution in [3.05, 3.63) is 71.8 Å². The summed E-state index contributed by atoms with van der Waals surface area (Å²) in [5.74, 6) is 1.07. The summed E-state index contributed by atoms with van der Waals surface area (Å²) in [5, 5.41) is 0. The predicted molar refractivity (Wildman–Crippen MR) is 90.8 cm³/mol. The Morgan fingerprint density at radius 1 is 0.818 bits per heavy atom. The summed E-state index contributed by atoms with van der Waals surface area (Å²) >= 11 is 0. The third-order valence-corrected chi connectivity index (χ3v) is 5.59. The van der Waals surface area contributed by atoms with Gasteiger partial charge in [-0.15, -0.1) is 0 Å². The summed E-state index contributed by atoms with van der Waals surface area (Å²) in [5.41, 5.74) is 9.48. The molecule has 5 rings (SSSR count). The molecule has 3 aliphatic rings. The standard InChI is InChI=1S/C20H24N2/c21-19-17-11-13-22(14-12-17)20(19)18(15-7-3-1-4-8-15)16-9-5-2-6-10-16/h1-10,17-20H,11-14,21H2/t19?,20-/m0/s1. The van der Waals surface area contributed by atoms with Gasteiger partial charge >= 0.3 is 0 Å². The summed E-state index contributed by atoms with van der Waals surface area (Å²) in [7, 11) is 0. The fourth-order valence-electron chi connectivity index (χ4n) is 4.47. The number of fused-ring (bicyclic) bond motifs is 3. The van der Waals surface area contributed by atoms with Gasteiger partial charge < -0.3 is 5.73 Å². The average Bonchev–Trinajstić information content (AvgIpc) is 2.60. The number of hydrogen-bond donors (Lipinski definition) is 1. The lowest BCUT2D eigenvalue weighted by Crippen LogP contribution is -2.63. The van der Waals surface area contributed by atoms with Crippen LogP contribution in [0, 0.1) is 5.92 Å². The largest absolute Gasteiger partial charge is 0.326 e. The Morgan fingerprint density at radius 3 is 1.77 bits per heavy atom. The molecule has 0 saturated carbocycles. The van der Waals surface area contributed by atoms with E-state index in [4.69, 9.17) is 5.73 Å². The van der Waals surface area contributed by atoms with Crippen LogP contribution in [-0.2, 0) is 0 Å². The first-order valence-electron chi connectivity index (χ1n) is 8.44. The van der Waals surface area contributed by atoms with Crippen LogP contribution in [0.25, 0.3) is 0 Å². The van der Waals surface area contributed by atoms with E-state index in [1.165, 1.54) is 37.1 Å². The van der Waals surface area contributed by atoms with Crippen molar-refractivity contribution >= 4 is 0 Å². The van der Waals surface area contributed by atoms with Gasteiger partial charge in [0, 0.05) is 18.0 Å². The number of piperidine rings is 3. The quantitative estimate of drug-likeness (QED) is 0.941. The first kappa shape index (κ1) is 14.0. The van der Waals surface area contributed by atoms with Gasteiger partial charge in [0.1, 0.15) is 0 Å². The van der Waals surface area contributed by atoms with Gasteiger partial charge in [-0.3, -0.25) is 4.90 Å². The molecule has 2 aromatic rings. The molecular formula is C20H24N2. The van der Waals surface area contributed by atoms with Crippen molar-refractivity contribution in [1.82, 2.24) is 4.90 Å². The predicted octanol–water partition coefficient (Wildman–Crippen LogP) is 3.24. The van der Waals surface area contributed by atoms with Crippen molar-refractivity contribution in [2.75, 3.05) is 13.1 Å². The van der Waals surface area contributed by atoms with Crippen molar-refractivity contribution < 1.29 is 0 Å². The average molecular weight is 292 g/mol. The van der Waals surface area contributed by atoms with Crippen molar-refractivity contribution in [3.8, 4) is 0 Å². The topological polar surface area (TPSA) is 29.3 Å². The number of rotatable bonds is 3. The van der Waals surface area contributed by atoms with Crippen LogP contribution in [0.5, 0.6) is 0 Å². The lowest BCUT2D eigenvalue weighted by Gasteiger charge is -2.52. The van der Waals surface area contributed by atoms with Crippen molar-refractivity contribution in [3.63, 3.8) is 0 Å². The van der Waals surface area contributed by atoms with E-state index in [9.17, 15) is 0 Å². The van der Waals surface area contributed by atoms with Crippen LogP contribution in [0.15, 0.2) is 60.7 Å². The third-order valence-electron chi connectivity index (χ3n) is 5.59. The van der Waals surface area contributed by atoms with E-state index < -0.39 is 0 Å². The van der Waals surface area contributed by atoms with Crippen molar-refractivity contribution in [1.29, 1.82) is 0 Å². The molecule has 114 valence electrons. The highest BCUT2D eigenvalue weighted by molar-refractivity contribution is 5.35. The second-order valence-electron chi connectivity index (χ2n) is 6.74. The molecule has 2 bridgehead atoms. The zero-order valence-electron chi connectivity index (χ0n) is 12.9. The van der Waals surface area contributed by atoms with Crippen molar-refractivity contribution in [2.24, 2.45) is 11.7 Å². The molecule has 2 nitrogen and oxygen atoms in total. The van der Waals surface area contributed by atoms with Gasteiger partial charge in [-0.25, -0.2) is 0 Å². The summed E-state index contributed by atoms with van der Waals surface area (Å²) in [6.45, 7) is 2.42. The third kappa shape index (κ3) is 2.37. The lowest BCUT2D eigenvalue weighted by atomic mass is 9.71. The second-order valence-corrected chi connectivity index (χ2v) is 6.74. The molecule has 2 atom stereocenters. The van der Waals surface area contributed by atoms with Crippen LogP contribution in [0.4, 0.5) is 0 Å². The smallest absolute Gasteiger partial charge is 0.0359 e. The Morgan fingerprint density at radius 2 is 1.32 bits per heavy atom. The molecular weight excluding hydrogens is 268 g/mol. The fraction of sp³-hybridized carbons (Fsp3) is 0.400. The number of nitrogens with two attached hydrogens (primary N) is 1. The maximum absolute atomic E-state index is 6.70. The summed E-state index contributed by atoms with van der Waals surface area (Å²) in [6, 6.07) is 22.5. The molecule has 2 aromatic carbocycles. The van der Waals surface area contributed by atoms with Gasteiger partial charge in [-0.1, -0.05) is 60.7 Å². The van der Waals surface area contributed by atoms with Crippen LogP contribution in [0.3, 0.4) is 0 Å². The zero-order valence-corrected chi connectivity index (χ0v) is 12.9. The Bertz CT molecular complexity index is 561. The van der Waals surface area contributed by atoms with Gasteiger partial charge in [0.2, 0.25) is 0 Å². The Labute approximate surface area is 132 Å². The highest BCUT2D eigenvalue weighted by Gasteiger charge is 2.44. The van der Waals surface area contributed by atoms with Crippen LogP contribution in [0.2, 0.25) is 0 Å². The molecule has 3 heterocycles. The lowest BCUT2D eigenvalue weighted by molar-refractivity contribution is 0.0204. The highest BCUT2D eigenvalue weighted by Crippen LogP contribution is 2.40. The van der Waals surface area contributed by atoms with E-state index in [0.29, 0.717) is 17.9 Å². The summed E-state index contributed by atoms with van der Waals surface area (Å²) in [6.07, 6.45) is 2.54. The van der Waals surface area contributed by atoms with Crippen LogP contribution < -0.4 is 5.73 Å². The number of benzene rings is 2. The van der Waals surface area contributed by atoms with Crippen molar-refractivity contribution in [2.45, 2.75) is 30.8 Å². The minimum Gasteiger partial charge on any atom is -0.326 e. The van der Waals surface area contributed by atoms with Crippen LogP contribution in [-0.4, -0.2) is 30.1 Å². The Hall–Kier alpha value is -1.64.